The third kappa shape index (κ3) is 4.98. The maximum Gasteiger partial charge on any atom is 0.289 e. The maximum absolute atomic E-state index is 13.2. The van der Waals surface area contributed by atoms with Gasteiger partial charge in [0.25, 0.3) is 11.8 Å². The molecule has 0 N–H and O–H groups in total. The molecule has 2 heterocycles. The van der Waals surface area contributed by atoms with E-state index in [0.29, 0.717) is 44.1 Å². The second kappa shape index (κ2) is 9.01. The lowest BCUT2D eigenvalue weighted by atomic mass is 10.1. The molecule has 2 amide bonds. The summed E-state index contributed by atoms with van der Waals surface area (Å²) in [4.78, 5) is 28.8. The lowest BCUT2D eigenvalue weighted by molar-refractivity contribution is -0.0347. The second-order valence-corrected chi connectivity index (χ2v) is 7.33. The van der Waals surface area contributed by atoms with Gasteiger partial charge in [0.2, 0.25) is 0 Å². The molecule has 3 rings (SSSR count). The lowest BCUT2D eigenvalue weighted by Crippen LogP contribution is -2.51. The molecule has 7 heteroatoms. The molecule has 1 saturated heterocycles. The van der Waals surface area contributed by atoms with Crippen LogP contribution in [0.25, 0.3) is 0 Å². The minimum atomic E-state index is -0.380. The number of amides is 2. The van der Waals surface area contributed by atoms with Crippen LogP contribution in [0.4, 0.5) is 4.39 Å². The highest BCUT2D eigenvalue weighted by atomic mass is 19.1. The number of carbonyl (C=O) groups excluding carboxylic acids is 2. The zero-order chi connectivity index (χ0) is 20.1. The summed E-state index contributed by atoms with van der Waals surface area (Å²) >= 11 is 0. The van der Waals surface area contributed by atoms with Crippen LogP contribution in [-0.4, -0.2) is 60.5 Å². The van der Waals surface area contributed by atoms with Crippen LogP contribution >= 0.6 is 0 Å². The summed E-state index contributed by atoms with van der Waals surface area (Å²) in [5.41, 5.74) is 0.432. The van der Waals surface area contributed by atoms with Gasteiger partial charge in [-0.1, -0.05) is 13.8 Å². The molecule has 6 nitrogen and oxygen atoms in total. The average Bonchev–Trinajstić information content (AvgIpc) is 3.21. The molecule has 1 aliphatic heterocycles. The van der Waals surface area contributed by atoms with Gasteiger partial charge in [-0.3, -0.25) is 9.59 Å². The lowest BCUT2D eigenvalue weighted by Gasteiger charge is -2.36. The second-order valence-electron chi connectivity index (χ2n) is 7.33. The van der Waals surface area contributed by atoms with Gasteiger partial charge >= 0.3 is 0 Å². The number of benzene rings is 1. The first-order chi connectivity index (χ1) is 13.4. The van der Waals surface area contributed by atoms with E-state index in [0.717, 1.165) is 0 Å². The van der Waals surface area contributed by atoms with Gasteiger partial charge in [0.1, 0.15) is 5.82 Å². The zero-order valence-electron chi connectivity index (χ0n) is 16.1. The number of carbonyl (C=O) groups is 2. The molecular formula is C21H25FN2O4. The first-order valence-corrected chi connectivity index (χ1v) is 9.43. The smallest absolute Gasteiger partial charge is 0.289 e. The molecule has 0 bridgehead atoms. The molecule has 0 radical (unpaired) electrons. The van der Waals surface area contributed by atoms with E-state index in [4.69, 9.17) is 9.15 Å². The minimum absolute atomic E-state index is 0.174. The number of nitrogens with zero attached hydrogens (tertiary/aromatic N) is 2. The van der Waals surface area contributed by atoms with E-state index < -0.39 is 0 Å². The van der Waals surface area contributed by atoms with Gasteiger partial charge in [0, 0.05) is 31.7 Å². The van der Waals surface area contributed by atoms with Gasteiger partial charge in [0.15, 0.2) is 5.76 Å². The van der Waals surface area contributed by atoms with Crippen LogP contribution in [0, 0.1) is 11.7 Å². The summed E-state index contributed by atoms with van der Waals surface area (Å²) in [6.07, 6.45) is 1.17. The zero-order valence-corrected chi connectivity index (χ0v) is 16.1. The number of halogens is 1. The van der Waals surface area contributed by atoms with Gasteiger partial charge in [-0.25, -0.2) is 4.39 Å². The molecule has 28 heavy (non-hydrogen) atoms. The molecule has 2 aromatic rings. The molecule has 1 aromatic heterocycles. The van der Waals surface area contributed by atoms with Crippen LogP contribution in [0.3, 0.4) is 0 Å². The van der Waals surface area contributed by atoms with Crippen LogP contribution in [0.1, 0.15) is 34.8 Å². The van der Waals surface area contributed by atoms with E-state index in [1.54, 1.807) is 21.9 Å². The number of furan rings is 1. The van der Waals surface area contributed by atoms with E-state index in [2.05, 4.69) is 0 Å². The first kappa shape index (κ1) is 20.1. The Kier molecular flexibility index (Phi) is 6.46. The Hall–Kier alpha value is -2.67. The van der Waals surface area contributed by atoms with Crippen molar-refractivity contribution in [1.29, 1.82) is 0 Å². The maximum atomic E-state index is 13.2. The van der Waals surface area contributed by atoms with E-state index in [-0.39, 0.29) is 29.7 Å². The topological polar surface area (TPSA) is 63.0 Å². The van der Waals surface area contributed by atoms with Crippen LogP contribution in [-0.2, 0) is 4.74 Å². The Bertz CT molecular complexity index is 789. The van der Waals surface area contributed by atoms with Gasteiger partial charge in [-0.15, -0.1) is 0 Å². The Morgan fingerprint density at radius 1 is 1.25 bits per heavy atom. The quantitative estimate of drug-likeness (QED) is 0.763. The van der Waals surface area contributed by atoms with Crippen molar-refractivity contribution in [2.75, 3.05) is 32.8 Å². The summed E-state index contributed by atoms with van der Waals surface area (Å²) < 4.78 is 24.2. The molecule has 1 aliphatic rings. The minimum Gasteiger partial charge on any atom is -0.459 e. The Morgan fingerprint density at radius 3 is 2.64 bits per heavy atom. The van der Waals surface area contributed by atoms with Crippen LogP contribution in [0.5, 0.6) is 0 Å². The summed E-state index contributed by atoms with van der Waals surface area (Å²) in [6, 6.07) is 8.84. The van der Waals surface area contributed by atoms with Crippen molar-refractivity contribution in [2.24, 2.45) is 5.92 Å². The van der Waals surface area contributed by atoms with E-state index in [9.17, 15) is 14.0 Å². The van der Waals surface area contributed by atoms with Gasteiger partial charge in [0.05, 0.1) is 19.0 Å². The van der Waals surface area contributed by atoms with Crippen molar-refractivity contribution in [3.8, 4) is 0 Å². The standard InChI is InChI=1S/C21H25FN2O4/c1-15(2)12-24(20(25)16-5-7-17(22)8-6-16)14-18-13-23(9-11-27-18)21(26)19-4-3-10-28-19/h3-8,10,15,18H,9,11-14H2,1-2H3. The summed E-state index contributed by atoms with van der Waals surface area (Å²) in [6.45, 7) is 6.21. The predicted octanol–water partition coefficient (Wildman–Crippen LogP) is 3.06. The molecule has 1 atom stereocenters. The third-order valence-electron chi connectivity index (χ3n) is 4.55. The van der Waals surface area contributed by atoms with Crippen molar-refractivity contribution < 1.29 is 23.1 Å². The average molecular weight is 388 g/mol. The highest BCUT2D eigenvalue weighted by Crippen LogP contribution is 2.15. The Labute approximate surface area is 163 Å². The van der Waals surface area contributed by atoms with Crippen molar-refractivity contribution in [2.45, 2.75) is 20.0 Å². The molecule has 150 valence electrons. The molecule has 1 fully saturated rings. The number of morpholine rings is 1. The largest absolute Gasteiger partial charge is 0.459 e. The Morgan fingerprint density at radius 2 is 2.00 bits per heavy atom. The van der Waals surface area contributed by atoms with E-state index in [1.807, 2.05) is 13.8 Å². The van der Waals surface area contributed by atoms with Gasteiger partial charge in [-0.2, -0.15) is 0 Å². The van der Waals surface area contributed by atoms with Crippen molar-refractivity contribution in [3.63, 3.8) is 0 Å². The summed E-state index contributed by atoms with van der Waals surface area (Å²) in [7, 11) is 0. The summed E-state index contributed by atoms with van der Waals surface area (Å²) in [5, 5.41) is 0. The monoisotopic (exact) mass is 388 g/mol. The fourth-order valence-corrected chi connectivity index (χ4v) is 3.27. The predicted molar refractivity (Wildman–Crippen MR) is 101 cm³/mol. The third-order valence-corrected chi connectivity index (χ3v) is 4.55. The fraction of sp³-hybridized carbons (Fsp3) is 0.429. The number of rotatable bonds is 6. The van der Waals surface area contributed by atoms with Crippen molar-refractivity contribution in [1.82, 2.24) is 9.80 Å². The Balaban J connectivity index is 1.68. The number of hydrogen-bond donors (Lipinski definition) is 0. The van der Waals surface area contributed by atoms with Gasteiger partial charge < -0.3 is 19.0 Å². The van der Waals surface area contributed by atoms with Crippen molar-refractivity contribution in [3.05, 3.63) is 59.8 Å². The summed E-state index contributed by atoms with van der Waals surface area (Å²) in [5.74, 6) is -0.184. The SMILES string of the molecule is CC(C)CN(CC1CN(C(=O)c2ccco2)CCO1)C(=O)c1ccc(F)cc1. The highest BCUT2D eigenvalue weighted by Gasteiger charge is 2.29. The molecule has 0 saturated carbocycles. The normalized spacial score (nSPS) is 17.0. The molecule has 0 aliphatic carbocycles. The van der Waals surface area contributed by atoms with E-state index in [1.165, 1.54) is 30.5 Å². The number of hydrogen-bond acceptors (Lipinski definition) is 4. The van der Waals surface area contributed by atoms with Crippen LogP contribution < -0.4 is 0 Å². The van der Waals surface area contributed by atoms with E-state index >= 15 is 0 Å². The first-order valence-electron chi connectivity index (χ1n) is 9.43. The number of ether oxygens (including phenoxy) is 1. The molecule has 1 unspecified atom stereocenters. The van der Waals surface area contributed by atoms with Gasteiger partial charge in [-0.05, 0) is 42.3 Å². The molecule has 0 spiro atoms. The van der Waals surface area contributed by atoms with Crippen LogP contribution in [0.2, 0.25) is 0 Å². The van der Waals surface area contributed by atoms with Crippen LogP contribution in [0.15, 0.2) is 47.1 Å². The molecule has 1 aromatic carbocycles. The fourth-order valence-electron chi connectivity index (χ4n) is 3.27. The van der Waals surface area contributed by atoms with Crippen molar-refractivity contribution >= 4 is 11.8 Å². The molecular weight excluding hydrogens is 363 g/mol. The highest BCUT2D eigenvalue weighted by molar-refractivity contribution is 5.94.